The minimum absolute atomic E-state index is 0.0117. The number of nitrogens with one attached hydrogen (secondary N) is 1. The van der Waals surface area contributed by atoms with Crippen LogP contribution in [0, 0.1) is 6.92 Å². The van der Waals surface area contributed by atoms with Gasteiger partial charge in [-0.3, -0.25) is 4.79 Å². The van der Waals surface area contributed by atoms with Crippen LogP contribution in [0.2, 0.25) is 0 Å². The molecule has 0 aliphatic heterocycles. The predicted octanol–water partition coefficient (Wildman–Crippen LogP) is 3.01. The van der Waals surface area contributed by atoms with E-state index in [1.165, 1.54) is 11.8 Å². The van der Waals surface area contributed by atoms with Crippen LogP contribution in [0.25, 0.3) is 11.4 Å². The number of amides is 1. The van der Waals surface area contributed by atoms with Crippen LogP contribution >= 0.6 is 0 Å². The summed E-state index contributed by atoms with van der Waals surface area (Å²) >= 11 is 0. The summed E-state index contributed by atoms with van der Waals surface area (Å²) in [5, 5.41) is 10.8. The largest absolute Gasteiger partial charge is 0.364 e. The van der Waals surface area contributed by atoms with Gasteiger partial charge in [0.15, 0.2) is 0 Å². The average molecular weight is 338 g/mol. The number of carbonyl (C=O) groups excluding carboxylic acids is 1. The third-order valence-electron chi connectivity index (χ3n) is 4.55. The lowest BCUT2D eigenvalue weighted by Crippen LogP contribution is -2.27. The zero-order valence-electron chi connectivity index (χ0n) is 14.1. The first-order chi connectivity index (χ1) is 12.2. The molecule has 7 nitrogen and oxygen atoms in total. The van der Waals surface area contributed by atoms with E-state index in [2.05, 4.69) is 26.7 Å². The monoisotopic (exact) mass is 338 g/mol. The summed E-state index contributed by atoms with van der Waals surface area (Å²) in [5.74, 6) is 1.07. The molecular weight excluding hydrogens is 320 g/mol. The maximum absolute atomic E-state index is 12.4. The maximum atomic E-state index is 12.4. The summed E-state index contributed by atoms with van der Waals surface area (Å²) in [7, 11) is 0. The molecule has 0 spiro atoms. The van der Waals surface area contributed by atoms with Crippen LogP contribution in [-0.4, -0.2) is 21.2 Å². The van der Waals surface area contributed by atoms with E-state index >= 15 is 0 Å². The van der Waals surface area contributed by atoms with E-state index in [0.717, 1.165) is 24.0 Å². The Balaban J connectivity index is 1.55. The van der Waals surface area contributed by atoms with Crippen molar-refractivity contribution in [1.82, 2.24) is 20.6 Å². The predicted molar refractivity (Wildman–Crippen MR) is 88.9 cm³/mol. The van der Waals surface area contributed by atoms with Crippen LogP contribution in [0.3, 0.4) is 0 Å². The second-order valence-corrected chi connectivity index (χ2v) is 6.16. The van der Waals surface area contributed by atoms with Gasteiger partial charge in [-0.15, -0.1) is 0 Å². The highest BCUT2D eigenvalue weighted by molar-refractivity contribution is 5.95. The Labute approximate surface area is 144 Å². The SMILES string of the molecule is CCc1nc(-c2ccc3c(c2)CC[C@H]3NC(=O)c2conc2C)no1. The number of benzene rings is 1. The first kappa shape index (κ1) is 15.6. The normalized spacial score (nSPS) is 16.0. The van der Waals surface area contributed by atoms with Crippen LogP contribution in [-0.2, 0) is 12.8 Å². The number of fused-ring (bicyclic) bond motifs is 1. The van der Waals surface area contributed by atoms with Crippen LogP contribution in [0.4, 0.5) is 0 Å². The standard InChI is InChI=1S/C18H18N4O3/c1-3-16-20-17(22-25-16)12-4-6-13-11(8-12)5-7-15(13)19-18(23)14-9-24-21-10(14)2/h4,6,8-9,15H,3,5,7H2,1-2H3,(H,19,23)/t15-/m1/s1. The lowest BCUT2D eigenvalue weighted by Gasteiger charge is -2.13. The van der Waals surface area contributed by atoms with E-state index in [-0.39, 0.29) is 11.9 Å². The molecule has 1 aromatic carbocycles. The highest BCUT2D eigenvalue weighted by atomic mass is 16.5. The number of carbonyl (C=O) groups is 1. The van der Waals surface area contributed by atoms with Gasteiger partial charge in [-0.25, -0.2) is 0 Å². The number of aromatic nitrogens is 3. The summed E-state index contributed by atoms with van der Waals surface area (Å²) in [6, 6.07) is 6.07. The topological polar surface area (TPSA) is 94.1 Å². The van der Waals surface area contributed by atoms with E-state index in [1.54, 1.807) is 6.92 Å². The lowest BCUT2D eigenvalue weighted by atomic mass is 10.0. The summed E-state index contributed by atoms with van der Waals surface area (Å²) < 4.78 is 10.0. The highest BCUT2D eigenvalue weighted by Crippen LogP contribution is 2.34. The fraction of sp³-hybridized carbons (Fsp3) is 0.333. The molecule has 1 aliphatic carbocycles. The van der Waals surface area contributed by atoms with Crippen LogP contribution in [0.15, 0.2) is 33.5 Å². The molecule has 0 saturated carbocycles. The Bertz CT molecular complexity index is 928. The smallest absolute Gasteiger partial charge is 0.256 e. The van der Waals surface area contributed by atoms with Gasteiger partial charge < -0.3 is 14.4 Å². The van der Waals surface area contributed by atoms with Gasteiger partial charge in [0.05, 0.1) is 11.7 Å². The van der Waals surface area contributed by atoms with E-state index in [0.29, 0.717) is 29.4 Å². The molecule has 1 aliphatic rings. The second kappa shape index (κ2) is 6.16. The fourth-order valence-electron chi connectivity index (χ4n) is 3.17. The Kier molecular flexibility index (Phi) is 3.83. The van der Waals surface area contributed by atoms with Crippen LogP contribution in [0.1, 0.15) is 52.5 Å². The Morgan fingerprint density at radius 2 is 2.24 bits per heavy atom. The van der Waals surface area contributed by atoms with Gasteiger partial charge in [0, 0.05) is 12.0 Å². The average Bonchev–Trinajstić information content (AvgIpc) is 3.34. The summed E-state index contributed by atoms with van der Waals surface area (Å²) in [6.07, 6.45) is 3.86. The Morgan fingerprint density at radius 1 is 1.36 bits per heavy atom. The zero-order valence-corrected chi connectivity index (χ0v) is 14.1. The minimum atomic E-state index is -0.161. The van der Waals surface area contributed by atoms with E-state index < -0.39 is 0 Å². The molecule has 0 unspecified atom stereocenters. The van der Waals surface area contributed by atoms with Gasteiger partial charge in [-0.1, -0.05) is 29.4 Å². The van der Waals surface area contributed by atoms with Crippen molar-refractivity contribution >= 4 is 5.91 Å². The molecule has 4 rings (SSSR count). The van der Waals surface area contributed by atoms with Gasteiger partial charge in [0.2, 0.25) is 11.7 Å². The van der Waals surface area contributed by atoms with Crippen molar-refractivity contribution in [1.29, 1.82) is 0 Å². The molecule has 25 heavy (non-hydrogen) atoms. The van der Waals surface area contributed by atoms with Crippen molar-refractivity contribution < 1.29 is 13.8 Å². The number of hydrogen-bond acceptors (Lipinski definition) is 6. The van der Waals surface area contributed by atoms with E-state index in [4.69, 9.17) is 9.05 Å². The van der Waals surface area contributed by atoms with Crippen molar-refractivity contribution in [2.75, 3.05) is 0 Å². The molecule has 2 heterocycles. The first-order valence-corrected chi connectivity index (χ1v) is 8.33. The molecular formula is C18H18N4O3. The number of nitrogens with zero attached hydrogens (tertiary/aromatic N) is 3. The number of aryl methyl sites for hydroxylation is 3. The van der Waals surface area contributed by atoms with Gasteiger partial charge in [-0.2, -0.15) is 4.98 Å². The number of rotatable bonds is 4. The molecule has 128 valence electrons. The molecule has 2 aromatic heterocycles. The third kappa shape index (κ3) is 2.82. The fourth-order valence-corrected chi connectivity index (χ4v) is 3.17. The summed E-state index contributed by atoms with van der Waals surface area (Å²) in [5.41, 5.74) is 4.33. The van der Waals surface area contributed by atoms with Crippen molar-refractivity contribution in [3.8, 4) is 11.4 Å². The summed E-state index contributed by atoms with van der Waals surface area (Å²) in [4.78, 5) is 16.7. The molecule has 0 fully saturated rings. The Morgan fingerprint density at radius 3 is 2.96 bits per heavy atom. The molecule has 7 heteroatoms. The van der Waals surface area contributed by atoms with E-state index in [9.17, 15) is 4.79 Å². The van der Waals surface area contributed by atoms with Crippen molar-refractivity contribution in [3.05, 3.63) is 52.7 Å². The minimum Gasteiger partial charge on any atom is -0.364 e. The molecule has 1 N–H and O–H groups in total. The lowest BCUT2D eigenvalue weighted by molar-refractivity contribution is 0.0935. The van der Waals surface area contributed by atoms with Crippen molar-refractivity contribution in [3.63, 3.8) is 0 Å². The highest BCUT2D eigenvalue weighted by Gasteiger charge is 2.26. The zero-order chi connectivity index (χ0) is 17.4. The molecule has 0 bridgehead atoms. The molecule has 1 amide bonds. The third-order valence-corrected chi connectivity index (χ3v) is 4.55. The maximum Gasteiger partial charge on any atom is 0.256 e. The molecule has 0 radical (unpaired) electrons. The van der Waals surface area contributed by atoms with Gasteiger partial charge >= 0.3 is 0 Å². The molecule has 3 aromatic rings. The van der Waals surface area contributed by atoms with Gasteiger partial charge in [-0.05, 0) is 37.0 Å². The van der Waals surface area contributed by atoms with E-state index in [1.807, 2.05) is 19.1 Å². The van der Waals surface area contributed by atoms with Crippen LogP contribution < -0.4 is 5.32 Å². The first-order valence-electron chi connectivity index (χ1n) is 8.33. The second-order valence-electron chi connectivity index (χ2n) is 6.16. The van der Waals surface area contributed by atoms with Crippen LogP contribution in [0.5, 0.6) is 0 Å². The van der Waals surface area contributed by atoms with Crippen molar-refractivity contribution in [2.24, 2.45) is 0 Å². The quantitative estimate of drug-likeness (QED) is 0.786. The van der Waals surface area contributed by atoms with Gasteiger partial charge in [0.1, 0.15) is 11.8 Å². The molecule has 1 atom stereocenters. The van der Waals surface area contributed by atoms with Crippen molar-refractivity contribution in [2.45, 2.75) is 39.2 Å². The number of hydrogen-bond donors (Lipinski definition) is 1. The molecule has 0 saturated heterocycles. The Hall–Kier alpha value is -2.96. The summed E-state index contributed by atoms with van der Waals surface area (Å²) in [6.45, 7) is 3.73. The van der Waals surface area contributed by atoms with Gasteiger partial charge in [0.25, 0.3) is 5.91 Å².